The maximum Gasteiger partial charge on any atom is 0.192 e. The number of aryl methyl sites for hydroxylation is 2. The summed E-state index contributed by atoms with van der Waals surface area (Å²) < 4.78 is 13.2. The fourth-order valence-corrected chi connectivity index (χ4v) is 2.98. The summed E-state index contributed by atoms with van der Waals surface area (Å²) in [4.78, 5) is 4.77. The van der Waals surface area contributed by atoms with Gasteiger partial charge in [0.1, 0.15) is 11.6 Å². The Hall–Kier alpha value is -1.88. The van der Waals surface area contributed by atoms with E-state index in [0.717, 1.165) is 42.4 Å². The number of nitrogens with one attached hydrogen (secondary N) is 2. The molecule has 2 aromatic rings. The summed E-state index contributed by atoms with van der Waals surface area (Å²) in [5.41, 5.74) is 2.25. The van der Waals surface area contributed by atoms with Crippen LogP contribution in [-0.2, 0) is 24.9 Å². The quantitative estimate of drug-likeness (QED) is 0.179. The Balaban J connectivity index is 0.00000512. The SMILES string of the molecule is COCCNC(=NCc1ccc(C)cc1OCCCC(C)C)NCc1nnc(C)n1C.I. The number of aromatic nitrogens is 3. The van der Waals surface area contributed by atoms with Crippen molar-refractivity contribution in [3.63, 3.8) is 0 Å². The van der Waals surface area contributed by atoms with Crippen molar-refractivity contribution in [2.75, 3.05) is 26.9 Å². The number of hydrogen-bond donors (Lipinski definition) is 2. The normalized spacial score (nSPS) is 11.4. The molecular weight excluding hydrogens is 519 g/mol. The highest BCUT2D eigenvalue weighted by Gasteiger charge is 2.08. The monoisotopic (exact) mass is 558 g/mol. The number of rotatable bonds is 12. The maximum absolute atomic E-state index is 6.10. The van der Waals surface area contributed by atoms with Gasteiger partial charge in [0.05, 0.1) is 26.3 Å². The van der Waals surface area contributed by atoms with E-state index in [4.69, 9.17) is 14.5 Å². The van der Waals surface area contributed by atoms with Gasteiger partial charge in [0.15, 0.2) is 11.8 Å². The first kappa shape index (κ1) is 28.2. The maximum atomic E-state index is 6.10. The van der Waals surface area contributed by atoms with E-state index in [1.54, 1.807) is 7.11 Å². The lowest BCUT2D eigenvalue weighted by Crippen LogP contribution is -2.39. The van der Waals surface area contributed by atoms with Crippen LogP contribution in [0.2, 0.25) is 0 Å². The van der Waals surface area contributed by atoms with Gasteiger partial charge in [-0.25, -0.2) is 4.99 Å². The number of ether oxygens (including phenoxy) is 2. The van der Waals surface area contributed by atoms with Crippen LogP contribution >= 0.6 is 24.0 Å². The number of hydrogen-bond acceptors (Lipinski definition) is 5. The fourth-order valence-electron chi connectivity index (χ4n) is 2.98. The molecule has 2 N–H and O–H groups in total. The van der Waals surface area contributed by atoms with Gasteiger partial charge < -0.3 is 24.7 Å². The number of benzene rings is 1. The molecule has 0 radical (unpaired) electrons. The van der Waals surface area contributed by atoms with Crippen molar-refractivity contribution >= 4 is 29.9 Å². The molecule has 0 fully saturated rings. The van der Waals surface area contributed by atoms with Gasteiger partial charge in [-0.15, -0.1) is 34.2 Å². The number of nitrogens with zero attached hydrogens (tertiary/aromatic N) is 4. The van der Waals surface area contributed by atoms with Gasteiger partial charge in [0, 0.05) is 26.3 Å². The zero-order valence-corrected chi connectivity index (χ0v) is 22.6. The van der Waals surface area contributed by atoms with E-state index in [1.165, 1.54) is 5.56 Å². The van der Waals surface area contributed by atoms with Crippen LogP contribution in [0.15, 0.2) is 23.2 Å². The standard InChI is InChI=1S/C23H38N6O2.HI/c1-17(2)8-7-12-31-21-14-18(3)9-10-20(21)15-25-23(24-11-13-30-6)26-16-22-28-27-19(4)29(22)5;/h9-10,14,17H,7-8,11-13,15-16H2,1-6H3,(H2,24,25,26);1H. The molecule has 0 amide bonds. The van der Waals surface area contributed by atoms with Gasteiger partial charge in [-0.2, -0.15) is 0 Å². The summed E-state index contributed by atoms with van der Waals surface area (Å²) in [7, 11) is 3.64. The second-order valence-electron chi connectivity index (χ2n) is 8.16. The molecule has 0 unspecified atom stereocenters. The Morgan fingerprint density at radius 3 is 2.59 bits per heavy atom. The van der Waals surface area contributed by atoms with Crippen molar-refractivity contribution in [3.8, 4) is 5.75 Å². The highest BCUT2D eigenvalue weighted by molar-refractivity contribution is 14.0. The average Bonchev–Trinajstić information content (AvgIpc) is 3.06. The summed E-state index contributed by atoms with van der Waals surface area (Å²) in [6, 6.07) is 6.28. The zero-order chi connectivity index (χ0) is 22.6. The molecule has 0 aliphatic heterocycles. The van der Waals surface area contributed by atoms with Crippen LogP contribution in [-0.4, -0.2) is 47.6 Å². The number of halogens is 1. The first-order valence-electron chi connectivity index (χ1n) is 11.0. The van der Waals surface area contributed by atoms with Gasteiger partial charge in [0.25, 0.3) is 0 Å². The molecule has 2 rings (SSSR count). The second kappa shape index (κ2) is 15.0. The lowest BCUT2D eigenvalue weighted by Gasteiger charge is -2.14. The number of methoxy groups -OCH3 is 1. The number of guanidine groups is 1. The van der Waals surface area contributed by atoms with Crippen LogP contribution in [0.5, 0.6) is 5.75 Å². The van der Waals surface area contributed by atoms with E-state index in [-0.39, 0.29) is 24.0 Å². The Kier molecular flexibility index (Phi) is 13.2. The molecule has 0 saturated carbocycles. The van der Waals surface area contributed by atoms with Crippen molar-refractivity contribution < 1.29 is 9.47 Å². The van der Waals surface area contributed by atoms with Crippen LogP contribution in [0, 0.1) is 19.8 Å². The molecule has 0 spiro atoms. The Morgan fingerprint density at radius 2 is 1.94 bits per heavy atom. The smallest absolute Gasteiger partial charge is 0.192 e. The summed E-state index contributed by atoms with van der Waals surface area (Å²) >= 11 is 0. The van der Waals surface area contributed by atoms with Crippen molar-refractivity contribution in [1.29, 1.82) is 0 Å². The minimum atomic E-state index is 0. The predicted octanol–water partition coefficient (Wildman–Crippen LogP) is 3.75. The minimum Gasteiger partial charge on any atom is -0.493 e. The molecule has 0 atom stereocenters. The predicted molar refractivity (Wildman–Crippen MR) is 140 cm³/mol. The van der Waals surface area contributed by atoms with Gasteiger partial charge in [-0.1, -0.05) is 26.0 Å². The molecule has 0 bridgehead atoms. The molecule has 180 valence electrons. The van der Waals surface area contributed by atoms with Crippen LogP contribution in [0.4, 0.5) is 0 Å². The van der Waals surface area contributed by atoms with Gasteiger partial charge in [0.2, 0.25) is 0 Å². The van der Waals surface area contributed by atoms with Crippen LogP contribution in [0.3, 0.4) is 0 Å². The van der Waals surface area contributed by atoms with Gasteiger partial charge in [-0.05, 0) is 44.2 Å². The Labute approximate surface area is 209 Å². The zero-order valence-electron chi connectivity index (χ0n) is 20.3. The van der Waals surface area contributed by atoms with E-state index >= 15 is 0 Å². The molecule has 8 nitrogen and oxygen atoms in total. The third-order valence-electron chi connectivity index (χ3n) is 5.01. The lowest BCUT2D eigenvalue weighted by atomic mass is 10.1. The van der Waals surface area contributed by atoms with Crippen molar-refractivity contribution in [2.45, 2.75) is 53.6 Å². The third kappa shape index (κ3) is 9.72. The van der Waals surface area contributed by atoms with Crippen LogP contribution in [0.25, 0.3) is 0 Å². The molecule has 1 heterocycles. The molecule has 1 aromatic heterocycles. The van der Waals surface area contributed by atoms with Gasteiger partial charge >= 0.3 is 0 Å². The van der Waals surface area contributed by atoms with Crippen molar-refractivity contribution in [2.24, 2.45) is 18.0 Å². The highest BCUT2D eigenvalue weighted by atomic mass is 127. The fraction of sp³-hybridized carbons (Fsp3) is 0.609. The van der Waals surface area contributed by atoms with Crippen LogP contribution < -0.4 is 15.4 Å². The van der Waals surface area contributed by atoms with Gasteiger partial charge in [-0.3, -0.25) is 0 Å². The third-order valence-corrected chi connectivity index (χ3v) is 5.01. The topological polar surface area (TPSA) is 85.6 Å². The first-order chi connectivity index (χ1) is 14.9. The highest BCUT2D eigenvalue weighted by Crippen LogP contribution is 2.22. The molecule has 0 aliphatic carbocycles. The number of aliphatic imine (C=N–C) groups is 1. The molecule has 9 heteroatoms. The molecular formula is C23H39IN6O2. The van der Waals surface area contributed by atoms with Crippen molar-refractivity contribution in [1.82, 2.24) is 25.4 Å². The van der Waals surface area contributed by atoms with Crippen molar-refractivity contribution in [3.05, 3.63) is 41.0 Å². The molecule has 0 aliphatic rings. The van der Waals surface area contributed by atoms with Crippen LogP contribution in [0.1, 0.15) is 49.5 Å². The lowest BCUT2D eigenvalue weighted by molar-refractivity contribution is 0.203. The van der Waals surface area contributed by atoms with E-state index in [2.05, 4.69) is 59.8 Å². The second-order valence-corrected chi connectivity index (χ2v) is 8.16. The minimum absolute atomic E-state index is 0. The molecule has 1 aromatic carbocycles. The summed E-state index contributed by atoms with van der Waals surface area (Å²) in [5, 5.41) is 14.9. The summed E-state index contributed by atoms with van der Waals surface area (Å²) in [6.07, 6.45) is 2.22. The van der Waals surface area contributed by atoms with E-state index in [9.17, 15) is 0 Å². The van der Waals surface area contributed by atoms with E-state index in [1.807, 2.05) is 18.5 Å². The van der Waals surface area contributed by atoms with E-state index in [0.29, 0.717) is 38.1 Å². The largest absolute Gasteiger partial charge is 0.493 e. The molecule has 32 heavy (non-hydrogen) atoms. The summed E-state index contributed by atoms with van der Waals surface area (Å²) in [6.45, 7) is 11.5. The van der Waals surface area contributed by atoms with E-state index < -0.39 is 0 Å². The molecule has 0 saturated heterocycles. The first-order valence-corrected chi connectivity index (χ1v) is 11.0. The Morgan fingerprint density at radius 1 is 1.16 bits per heavy atom. The summed E-state index contributed by atoms with van der Waals surface area (Å²) in [5.74, 6) is 4.02. The Bertz CT molecular complexity index is 838. The average molecular weight is 559 g/mol.